The predicted octanol–water partition coefficient (Wildman–Crippen LogP) is 5.53. The summed E-state index contributed by atoms with van der Waals surface area (Å²) < 4.78 is 10.5. The summed E-state index contributed by atoms with van der Waals surface area (Å²) in [5.41, 5.74) is 1.71. The number of carbonyl (C=O) groups is 3. The van der Waals surface area contributed by atoms with Gasteiger partial charge in [-0.05, 0) is 92.1 Å². The van der Waals surface area contributed by atoms with Crippen LogP contribution in [-0.4, -0.2) is 47.1 Å². The van der Waals surface area contributed by atoms with Crippen LogP contribution >= 0.6 is 0 Å². The average Bonchev–Trinajstić information content (AvgIpc) is 2.74. The van der Waals surface area contributed by atoms with E-state index in [1.165, 1.54) is 4.90 Å². The summed E-state index contributed by atoms with van der Waals surface area (Å²) in [5, 5.41) is 5.57. The molecule has 202 valence electrons. The van der Waals surface area contributed by atoms with Gasteiger partial charge in [0.05, 0.1) is 7.11 Å². The first kappa shape index (κ1) is 29.7. The topological polar surface area (TPSA) is 97.0 Å². The van der Waals surface area contributed by atoms with Gasteiger partial charge < -0.3 is 25.0 Å². The van der Waals surface area contributed by atoms with Gasteiger partial charge in [-0.25, -0.2) is 4.79 Å². The summed E-state index contributed by atoms with van der Waals surface area (Å²) in [6, 6.07) is 10.9. The lowest BCUT2D eigenvalue weighted by molar-refractivity contribution is -0.146. The molecule has 8 heteroatoms. The number of aryl methyl sites for hydroxylation is 2. The van der Waals surface area contributed by atoms with Gasteiger partial charge in [0, 0.05) is 11.2 Å². The first-order valence-electron chi connectivity index (χ1n) is 12.4. The summed E-state index contributed by atoms with van der Waals surface area (Å²) in [6.45, 7) is 16.3. The van der Waals surface area contributed by atoms with Crippen molar-refractivity contribution in [2.75, 3.05) is 12.4 Å². The van der Waals surface area contributed by atoms with E-state index in [1.54, 1.807) is 59.1 Å². The molecule has 0 radical (unpaired) electrons. The average molecular weight is 512 g/mol. The summed E-state index contributed by atoms with van der Waals surface area (Å²) in [6.07, 6.45) is -0.701. The summed E-state index contributed by atoms with van der Waals surface area (Å²) in [4.78, 5) is 41.7. The van der Waals surface area contributed by atoms with Gasteiger partial charge in [0.2, 0.25) is 5.91 Å². The van der Waals surface area contributed by atoms with E-state index in [9.17, 15) is 14.4 Å². The number of methoxy groups -OCH3 is 1. The number of alkyl carbamates (subject to hydrolysis) is 1. The normalized spacial score (nSPS) is 13.2. The maximum Gasteiger partial charge on any atom is 0.408 e. The van der Waals surface area contributed by atoms with Crippen LogP contribution in [0.4, 0.5) is 10.5 Å². The molecule has 0 spiro atoms. The van der Waals surface area contributed by atoms with E-state index in [4.69, 9.17) is 9.47 Å². The minimum atomic E-state index is -0.962. The van der Waals surface area contributed by atoms with Crippen LogP contribution in [0.15, 0.2) is 42.5 Å². The third-order valence-corrected chi connectivity index (χ3v) is 5.49. The fraction of sp³-hybridized carbons (Fsp3) is 0.483. The number of nitrogens with one attached hydrogen (secondary N) is 2. The van der Waals surface area contributed by atoms with Crippen molar-refractivity contribution >= 4 is 23.6 Å². The van der Waals surface area contributed by atoms with E-state index in [1.807, 2.05) is 52.8 Å². The van der Waals surface area contributed by atoms with E-state index < -0.39 is 35.2 Å². The molecule has 2 atom stereocenters. The van der Waals surface area contributed by atoms with Gasteiger partial charge in [0.1, 0.15) is 23.4 Å². The largest absolute Gasteiger partial charge is 0.497 e. The summed E-state index contributed by atoms with van der Waals surface area (Å²) >= 11 is 0. The minimum absolute atomic E-state index is 0.372. The fourth-order valence-electron chi connectivity index (χ4n) is 4.07. The smallest absolute Gasteiger partial charge is 0.408 e. The molecule has 0 saturated carbocycles. The number of amides is 3. The van der Waals surface area contributed by atoms with Crippen molar-refractivity contribution in [3.8, 4) is 5.75 Å². The quantitative estimate of drug-likeness (QED) is 0.509. The Kier molecular flexibility index (Phi) is 9.36. The van der Waals surface area contributed by atoms with E-state index >= 15 is 0 Å². The molecule has 2 N–H and O–H groups in total. The van der Waals surface area contributed by atoms with Crippen molar-refractivity contribution in [2.45, 2.75) is 85.5 Å². The number of carbonyl (C=O) groups excluding carboxylic acids is 3. The number of anilines is 1. The summed E-state index contributed by atoms with van der Waals surface area (Å²) in [5.74, 6) is -0.118. The lowest BCUT2D eigenvalue weighted by atomic mass is 9.93. The zero-order chi connectivity index (χ0) is 28.1. The lowest BCUT2D eigenvalue weighted by Crippen LogP contribution is -2.57. The van der Waals surface area contributed by atoms with Gasteiger partial charge in [0.25, 0.3) is 5.91 Å². The highest BCUT2D eigenvalue weighted by atomic mass is 16.6. The maximum atomic E-state index is 13.9. The number of ether oxygens (including phenoxy) is 2. The van der Waals surface area contributed by atoms with Crippen LogP contribution in [0.25, 0.3) is 0 Å². The van der Waals surface area contributed by atoms with Crippen LogP contribution in [0.3, 0.4) is 0 Å². The molecular weight excluding hydrogens is 470 g/mol. The fourth-order valence-corrected chi connectivity index (χ4v) is 4.07. The zero-order valence-electron chi connectivity index (χ0n) is 23.7. The first-order chi connectivity index (χ1) is 17.0. The Morgan fingerprint density at radius 1 is 0.892 bits per heavy atom. The number of benzene rings is 2. The lowest BCUT2D eigenvalue weighted by Gasteiger charge is -2.42. The monoisotopic (exact) mass is 511 g/mol. The Bertz CT molecular complexity index is 1090. The molecule has 3 amide bonds. The second kappa shape index (κ2) is 11.7. The highest BCUT2D eigenvalue weighted by Gasteiger charge is 2.41. The molecule has 2 aromatic carbocycles. The molecule has 37 heavy (non-hydrogen) atoms. The number of hydrogen-bond acceptors (Lipinski definition) is 5. The van der Waals surface area contributed by atoms with Gasteiger partial charge in [-0.2, -0.15) is 0 Å². The molecule has 0 fully saturated rings. The van der Waals surface area contributed by atoms with Crippen LogP contribution in [0, 0.1) is 13.8 Å². The Morgan fingerprint density at radius 2 is 1.43 bits per heavy atom. The minimum Gasteiger partial charge on any atom is -0.497 e. The van der Waals surface area contributed by atoms with Crippen molar-refractivity contribution < 1.29 is 23.9 Å². The third-order valence-electron chi connectivity index (χ3n) is 5.49. The van der Waals surface area contributed by atoms with Gasteiger partial charge in [-0.3, -0.25) is 9.59 Å². The van der Waals surface area contributed by atoms with Gasteiger partial charge in [0.15, 0.2) is 0 Å². The van der Waals surface area contributed by atoms with E-state index in [-0.39, 0.29) is 5.91 Å². The van der Waals surface area contributed by atoms with Crippen molar-refractivity contribution in [1.82, 2.24) is 10.2 Å². The van der Waals surface area contributed by atoms with E-state index in [0.717, 1.165) is 11.1 Å². The van der Waals surface area contributed by atoms with Crippen molar-refractivity contribution in [1.29, 1.82) is 0 Å². The van der Waals surface area contributed by atoms with E-state index in [0.29, 0.717) is 17.0 Å². The Labute approximate surface area is 220 Å². The van der Waals surface area contributed by atoms with Gasteiger partial charge in [-0.1, -0.05) is 29.3 Å². The maximum absolute atomic E-state index is 13.9. The van der Waals surface area contributed by atoms with Crippen LogP contribution in [0.1, 0.15) is 71.2 Å². The number of rotatable bonds is 7. The Hall–Kier alpha value is -3.55. The molecule has 2 unspecified atom stereocenters. The molecule has 0 aliphatic rings. The van der Waals surface area contributed by atoms with Crippen LogP contribution in [-0.2, 0) is 14.3 Å². The second-order valence-corrected chi connectivity index (χ2v) is 11.3. The zero-order valence-corrected chi connectivity index (χ0v) is 23.7. The molecule has 2 rings (SSSR count). The number of nitrogens with zero attached hydrogens (tertiary/aromatic N) is 1. The molecule has 8 nitrogen and oxygen atoms in total. The van der Waals surface area contributed by atoms with E-state index in [2.05, 4.69) is 10.6 Å². The van der Waals surface area contributed by atoms with Crippen molar-refractivity contribution in [2.24, 2.45) is 0 Å². The Morgan fingerprint density at radius 3 is 1.89 bits per heavy atom. The molecule has 0 aromatic heterocycles. The van der Waals surface area contributed by atoms with Crippen molar-refractivity contribution in [3.63, 3.8) is 0 Å². The van der Waals surface area contributed by atoms with Gasteiger partial charge >= 0.3 is 6.09 Å². The van der Waals surface area contributed by atoms with Crippen LogP contribution in [0.2, 0.25) is 0 Å². The molecule has 2 aromatic rings. The molecule has 0 bridgehead atoms. The highest BCUT2D eigenvalue weighted by molar-refractivity contribution is 5.99. The summed E-state index contributed by atoms with van der Waals surface area (Å²) in [7, 11) is 1.57. The second-order valence-electron chi connectivity index (χ2n) is 11.3. The van der Waals surface area contributed by atoms with Crippen molar-refractivity contribution in [3.05, 3.63) is 59.2 Å². The van der Waals surface area contributed by atoms with Crippen LogP contribution in [0.5, 0.6) is 5.75 Å². The number of hydrogen-bond donors (Lipinski definition) is 2. The molecule has 0 aliphatic heterocycles. The highest BCUT2D eigenvalue weighted by Crippen LogP contribution is 2.32. The molecular formula is C29H41N3O5. The first-order valence-corrected chi connectivity index (χ1v) is 12.4. The third kappa shape index (κ3) is 8.51. The SMILES string of the molecule is COc1ccc(NC(=O)C(c2cc(C)cc(C)c2)N(C(=O)C(C)NC(=O)OC(C)(C)C)C(C)(C)C)cc1. The standard InChI is InChI=1S/C29H41N3O5/c1-18-15-19(2)17-21(16-18)24(25(33)31-22-11-13-23(36-10)14-12-22)32(28(4,5)6)26(34)20(3)30-27(35)37-29(7,8)9/h11-17,20,24H,1-10H3,(H,30,35)(H,31,33). The molecule has 0 saturated heterocycles. The predicted molar refractivity (Wildman–Crippen MR) is 146 cm³/mol. The molecule has 0 heterocycles. The molecule has 0 aliphatic carbocycles. The van der Waals surface area contributed by atoms with Gasteiger partial charge in [-0.15, -0.1) is 0 Å². The Balaban J connectivity index is 2.51. The van der Waals surface area contributed by atoms with Crippen LogP contribution < -0.4 is 15.4 Å².